The second-order valence-electron chi connectivity index (χ2n) is 2.92. The lowest BCUT2D eigenvalue weighted by Crippen LogP contribution is -2.25. The average molecular weight is 286 g/mol. The van der Waals surface area contributed by atoms with Gasteiger partial charge in [0.1, 0.15) is 12.6 Å². The van der Waals surface area contributed by atoms with Gasteiger partial charge in [-0.1, -0.05) is 15.9 Å². The number of ether oxygens (including phenoxy) is 1. The number of nitriles is 1. The lowest BCUT2D eigenvalue weighted by molar-refractivity contribution is -0.385. The molecule has 84 valence electrons. The first-order chi connectivity index (χ1) is 7.54. The summed E-state index contributed by atoms with van der Waals surface area (Å²) >= 11 is 3.12. The van der Waals surface area contributed by atoms with Gasteiger partial charge in [-0.25, -0.2) is 0 Å². The predicted octanol–water partition coefficient (Wildman–Crippen LogP) is 1.59. The first-order valence-corrected chi connectivity index (χ1v) is 5.06. The van der Waals surface area contributed by atoms with Crippen molar-refractivity contribution in [3.05, 3.63) is 32.8 Å². The maximum Gasteiger partial charge on any atom is 0.312 e. The number of hydrogen-bond donors (Lipinski definition) is 1. The largest absolute Gasteiger partial charge is 0.484 e. The fourth-order valence-electron chi connectivity index (χ4n) is 0.972. The summed E-state index contributed by atoms with van der Waals surface area (Å²) in [4.78, 5) is 10.1. The molecule has 0 fully saturated rings. The molecule has 0 amide bonds. The summed E-state index contributed by atoms with van der Waals surface area (Å²) in [6.45, 7) is -0.0844. The Kier molecular flexibility index (Phi) is 4.22. The fraction of sp³-hybridized carbons (Fsp3) is 0.222. The summed E-state index contributed by atoms with van der Waals surface area (Å²) < 4.78 is 5.68. The maximum atomic E-state index is 10.7. The number of nitro benzene ring substituents is 1. The lowest BCUT2D eigenvalue weighted by Gasteiger charge is -2.07. The highest BCUT2D eigenvalue weighted by Crippen LogP contribution is 2.29. The number of hydrogen-bond acceptors (Lipinski definition) is 5. The summed E-state index contributed by atoms with van der Waals surface area (Å²) in [6.07, 6.45) is 0. The number of benzene rings is 1. The first-order valence-electron chi connectivity index (χ1n) is 4.26. The zero-order valence-corrected chi connectivity index (χ0v) is 9.68. The van der Waals surface area contributed by atoms with Crippen LogP contribution in [-0.2, 0) is 0 Å². The van der Waals surface area contributed by atoms with Crippen molar-refractivity contribution in [1.82, 2.24) is 0 Å². The van der Waals surface area contributed by atoms with E-state index in [2.05, 4.69) is 15.9 Å². The van der Waals surface area contributed by atoms with Crippen LogP contribution in [0.5, 0.6) is 5.75 Å². The van der Waals surface area contributed by atoms with E-state index in [0.29, 0.717) is 4.47 Å². The Morgan fingerprint density at radius 3 is 2.94 bits per heavy atom. The van der Waals surface area contributed by atoms with Gasteiger partial charge >= 0.3 is 5.69 Å². The molecule has 0 aromatic heterocycles. The summed E-state index contributed by atoms with van der Waals surface area (Å²) in [7, 11) is 0. The third-order valence-corrected chi connectivity index (χ3v) is 2.20. The molecule has 0 aliphatic rings. The van der Waals surface area contributed by atoms with E-state index in [9.17, 15) is 10.1 Å². The van der Waals surface area contributed by atoms with E-state index in [1.165, 1.54) is 12.1 Å². The van der Waals surface area contributed by atoms with E-state index >= 15 is 0 Å². The van der Waals surface area contributed by atoms with Crippen molar-refractivity contribution in [2.24, 2.45) is 5.73 Å². The molecule has 1 atom stereocenters. The van der Waals surface area contributed by atoms with E-state index < -0.39 is 11.0 Å². The molecule has 0 aliphatic carbocycles. The van der Waals surface area contributed by atoms with Crippen LogP contribution in [0.1, 0.15) is 0 Å². The molecule has 6 nitrogen and oxygen atoms in total. The van der Waals surface area contributed by atoms with Crippen molar-refractivity contribution >= 4 is 21.6 Å². The highest BCUT2D eigenvalue weighted by atomic mass is 79.9. The van der Waals surface area contributed by atoms with Crippen LogP contribution in [0, 0.1) is 21.4 Å². The number of nitro groups is 1. The third kappa shape index (κ3) is 3.18. The Balaban J connectivity index is 2.88. The Morgan fingerprint density at radius 2 is 2.38 bits per heavy atom. The molecule has 1 aromatic rings. The second-order valence-corrected chi connectivity index (χ2v) is 3.83. The summed E-state index contributed by atoms with van der Waals surface area (Å²) in [5, 5.41) is 19.1. The van der Waals surface area contributed by atoms with Gasteiger partial charge in [0.15, 0.2) is 5.75 Å². The Hall–Kier alpha value is -1.65. The van der Waals surface area contributed by atoms with Gasteiger partial charge in [0.25, 0.3) is 0 Å². The molecule has 7 heteroatoms. The van der Waals surface area contributed by atoms with Crippen LogP contribution in [0.4, 0.5) is 5.69 Å². The molecule has 0 bridgehead atoms. The van der Waals surface area contributed by atoms with Crippen molar-refractivity contribution in [3.63, 3.8) is 0 Å². The van der Waals surface area contributed by atoms with Gasteiger partial charge in [-0.15, -0.1) is 0 Å². The van der Waals surface area contributed by atoms with Crippen LogP contribution in [0.3, 0.4) is 0 Å². The van der Waals surface area contributed by atoms with Crippen molar-refractivity contribution in [3.8, 4) is 11.8 Å². The summed E-state index contributed by atoms with van der Waals surface area (Å²) in [5.74, 6) is 0.0962. The molecule has 0 saturated carbocycles. The number of nitrogens with zero attached hydrogens (tertiary/aromatic N) is 2. The van der Waals surface area contributed by atoms with Crippen LogP contribution in [-0.4, -0.2) is 17.6 Å². The van der Waals surface area contributed by atoms with Crippen LogP contribution >= 0.6 is 15.9 Å². The molecule has 1 rings (SSSR count). The molecule has 0 heterocycles. The molecule has 1 aromatic carbocycles. The molecular formula is C9H8BrN3O3. The number of halogens is 1. The van der Waals surface area contributed by atoms with Gasteiger partial charge < -0.3 is 10.5 Å². The SMILES string of the molecule is N#CC(N)COc1ccc(Br)cc1[N+](=O)[O-]. The Bertz CT molecular complexity index is 444. The molecule has 1 unspecified atom stereocenters. The van der Waals surface area contributed by atoms with E-state index in [4.69, 9.17) is 15.7 Å². The van der Waals surface area contributed by atoms with Crippen molar-refractivity contribution in [2.75, 3.05) is 6.61 Å². The van der Waals surface area contributed by atoms with Gasteiger partial charge in [0.05, 0.1) is 11.0 Å². The Morgan fingerprint density at radius 1 is 1.69 bits per heavy atom. The van der Waals surface area contributed by atoms with Crippen LogP contribution in [0.15, 0.2) is 22.7 Å². The van der Waals surface area contributed by atoms with Gasteiger partial charge in [-0.2, -0.15) is 5.26 Å². The zero-order valence-electron chi connectivity index (χ0n) is 8.09. The third-order valence-electron chi connectivity index (χ3n) is 1.70. The quantitative estimate of drug-likeness (QED) is 0.668. The summed E-state index contributed by atoms with van der Waals surface area (Å²) in [5.41, 5.74) is 5.14. The molecule has 0 saturated heterocycles. The molecule has 16 heavy (non-hydrogen) atoms. The molecule has 0 aliphatic heterocycles. The molecular weight excluding hydrogens is 278 g/mol. The summed E-state index contributed by atoms with van der Waals surface area (Å²) in [6, 6.07) is 5.36. The Labute approximate surface area is 99.9 Å². The molecule has 2 N–H and O–H groups in total. The zero-order chi connectivity index (χ0) is 12.1. The standard InChI is InChI=1S/C9H8BrN3O3/c10-6-1-2-9(8(3-6)13(14)15)16-5-7(12)4-11/h1-3,7H,5,12H2. The van der Waals surface area contributed by atoms with E-state index in [1.807, 2.05) is 0 Å². The minimum Gasteiger partial charge on any atom is -0.484 e. The lowest BCUT2D eigenvalue weighted by atomic mass is 10.3. The first kappa shape index (κ1) is 12.4. The van der Waals surface area contributed by atoms with Crippen molar-refractivity contribution < 1.29 is 9.66 Å². The van der Waals surface area contributed by atoms with E-state index in [1.54, 1.807) is 12.1 Å². The normalized spacial score (nSPS) is 11.6. The van der Waals surface area contributed by atoms with Gasteiger partial charge in [-0.05, 0) is 12.1 Å². The fourth-order valence-corrected chi connectivity index (χ4v) is 1.32. The highest BCUT2D eigenvalue weighted by molar-refractivity contribution is 9.10. The number of rotatable bonds is 4. The van der Waals surface area contributed by atoms with Gasteiger partial charge in [0, 0.05) is 10.5 Å². The van der Waals surface area contributed by atoms with E-state index in [0.717, 1.165) is 0 Å². The molecule has 0 radical (unpaired) electrons. The maximum absolute atomic E-state index is 10.7. The number of nitrogens with two attached hydrogens (primary N) is 1. The van der Waals surface area contributed by atoms with Crippen LogP contribution in [0.25, 0.3) is 0 Å². The monoisotopic (exact) mass is 285 g/mol. The second kappa shape index (κ2) is 5.44. The minimum absolute atomic E-state index is 0.0844. The minimum atomic E-state index is -0.803. The van der Waals surface area contributed by atoms with Crippen molar-refractivity contribution in [1.29, 1.82) is 5.26 Å². The van der Waals surface area contributed by atoms with Crippen LogP contribution < -0.4 is 10.5 Å². The van der Waals surface area contributed by atoms with E-state index in [-0.39, 0.29) is 18.0 Å². The van der Waals surface area contributed by atoms with Gasteiger partial charge in [-0.3, -0.25) is 10.1 Å². The average Bonchev–Trinajstić information content (AvgIpc) is 2.26. The topological polar surface area (TPSA) is 102 Å². The molecule has 0 spiro atoms. The smallest absolute Gasteiger partial charge is 0.312 e. The van der Waals surface area contributed by atoms with Crippen molar-refractivity contribution in [2.45, 2.75) is 6.04 Å². The highest BCUT2D eigenvalue weighted by Gasteiger charge is 2.16. The van der Waals surface area contributed by atoms with Crippen LogP contribution in [0.2, 0.25) is 0 Å². The predicted molar refractivity (Wildman–Crippen MR) is 59.9 cm³/mol. The van der Waals surface area contributed by atoms with Gasteiger partial charge in [0.2, 0.25) is 0 Å².